The highest BCUT2D eigenvalue weighted by Gasteiger charge is 2.39. The Kier molecular flexibility index (Phi) is 3.77. The number of carbonyl (C=O) groups excluding carboxylic acids is 1. The van der Waals surface area contributed by atoms with Crippen LogP contribution in [0, 0.1) is 6.92 Å². The third kappa shape index (κ3) is 2.54. The van der Waals surface area contributed by atoms with Crippen molar-refractivity contribution in [3.05, 3.63) is 57.2 Å². The minimum absolute atomic E-state index is 0.179. The summed E-state index contributed by atoms with van der Waals surface area (Å²) in [5.41, 5.74) is 0.104. The number of nitrogens with zero attached hydrogens (tertiary/aromatic N) is 1. The molecule has 1 aliphatic heterocycles. The molecule has 0 aliphatic carbocycles. The predicted octanol–water partition coefficient (Wildman–Crippen LogP) is 2.03. The number of ether oxygens (including phenoxy) is 2. The summed E-state index contributed by atoms with van der Waals surface area (Å²) in [7, 11) is 0. The highest BCUT2D eigenvalue weighted by molar-refractivity contribution is 5.92. The van der Waals surface area contributed by atoms with Crippen LogP contribution in [0.15, 0.2) is 38.9 Å². The Hall–Kier alpha value is -2.83. The molecule has 0 radical (unpaired) electrons. The number of hydrogen-bond acceptors (Lipinski definition) is 6. The van der Waals surface area contributed by atoms with Gasteiger partial charge in [0.1, 0.15) is 17.3 Å². The fourth-order valence-electron chi connectivity index (χ4n) is 2.66. The summed E-state index contributed by atoms with van der Waals surface area (Å²) in [5.74, 6) is 0.141. The van der Waals surface area contributed by atoms with Gasteiger partial charge >= 0.3 is 5.97 Å². The van der Waals surface area contributed by atoms with Gasteiger partial charge in [0.25, 0.3) is 5.56 Å². The number of rotatable bonds is 3. The Balaban J connectivity index is 2.24. The molecule has 0 fully saturated rings. The molecule has 7 nitrogen and oxygen atoms in total. The standard InChI is InChI=1S/C16H16N2O5/c1-4-21-16(20)11-8(2)23-15-13(14(19)17-9(3)18-15)12(11)10-6-5-7-22-10/h5-7,12H,4H2,1-3H3,(H,17,18,19)/t12-/m1/s1. The van der Waals surface area contributed by atoms with E-state index in [2.05, 4.69) is 9.97 Å². The van der Waals surface area contributed by atoms with Crippen molar-refractivity contribution in [2.45, 2.75) is 26.7 Å². The van der Waals surface area contributed by atoms with Gasteiger partial charge in [0.05, 0.1) is 29.9 Å². The molecule has 120 valence electrons. The fraction of sp³-hybridized carbons (Fsp3) is 0.312. The first-order chi connectivity index (χ1) is 11.0. The lowest BCUT2D eigenvalue weighted by molar-refractivity contribution is -0.139. The Morgan fingerprint density at radius 2 is 2.22 bits per heavy atom. The topological polar surface area (TPSA) is 94.4 Å². The van der Waals surface area contributed by atoms with E-state index in [4.69, 9.17) is 13.9 Å². The molecule has 3 heterocycles. The molecule has 1 atom stereocenters. The normalized spacial score (nSPS) is 16.7. The summed E-state index contributed by atoms with van der Waals surface area (Å²) >= 11 is 0. The van der Waals surface area contributed by atoms with E-state index in [1.165, 1.54) is 6.26 Å². The number of aromatic amines is 1. The molecule has 23 heavy (non-hydrogen) atoms. The zero-order chi connectivity index (χ0) is 16.6. The Bertz CT molecular complexity index is 833. The summed E-state index contributed by atoms with van der Waals surface area (Å²) < 4.78 is 16.2. The van der Waals surface area contributed by atoms with E-state index < -0.39 is 11.9 Å². The minimum Gasteiger partial charge on any atom is -0.468 e. The van der Waals surface area contributed by atoms with Crippen molar-refractivity contribution in [2.75, 3.05) is 6.61 Å². The van der Waals surface area contributed by atoms with Crippen LogP contribution in [0.4, 0.5) is 0 Å². The number of nitrogens with one attached hydrogen (secondary N) is 1. The molecule has 0 unspecified atom stereocenters. The minimum atomic E-state index is -0.718. The summed E-state index contributed by atoms with van der Waals surface area (Å²) in [6.45, 7) is 5.23. The summed E-state index contributed by atoms with van der Waals surface area (Å²) in [6.07, 6.45) is 1.48. The monoisotopic (exact) mass is 316 g/mol. The van der Waals surface area contributed by atoms with Crippen molar-refractivity contribution < 1.29 is 18.7 Å². The SMILES string of the molecule is CCOC(=O)C1=C(C)Oc2nc(C)[nH]c(=O)c2[C@@H]1c1ccco1. The third-order valence-corrected chi connectivity index (χ3v) is 3.57. The number of H-pyrrole nitrogens is 1. The van der Waals surface area contributed by atoms with E-state index in [1.54, 1.807) is 32.9 Å². The second-order valence-corrected chi connectivity index (χ2v) is 5.11. The second kappa shape index (κ2) is 5.75. The van der Waals surface area contributed by atoms with Crippen molar-refractivity contribution in [1.29, 1.82) is 0 Å². The van der Waals surface area contributed by atoms with Crippen molar-refractivity contribution >= 4 is 5.97 Å². The molecule has 0 amide bonds. The molecule has 0 saturated carbocycles. The molecular formula is C16H16N2O5. The number of aromatic nitrogens is 2. The van der Waals surface area contributed by atoms with Crippen LogP contribution in [-0.4, -0.2) is 22.5 Å². The molecule has 0 saturated heterocycles. The van der Waals surface area contributed by atoms with Crippen LogP contribution in [0.3, 0.4) is 0 Å². The third-order valence-electron chi connectivity index (χ3n) is 3.57. The molecule has 3 rings (SSSR count). The van der Waals surface area contributed by atoms with Crippen LogP contribution in [0.5, 0.6) is 5.88 Å². The second-order valence-electron chi connectivity index (χ2n) is 5.11. The quantitative estimate of drug-likeness (QED) is 0.871. The number of fused-ring (bicyclic) bond motifs is 1. The van der Waals surface area contributed by atoms with E-state index in [0.717, 1.165) is 0 Å². The molecule has 1 aliphatic rings. The van der Waals surface area contributed by atoms with Crippen LogP contribution < -0.4 is 10.3 Å². The van der Waals surface area contributed by atoms with Gasteiger partial charge in [-0.15, -0.1) is 0 Å². The Morgan fingerprint density at radius 1 is 1.43 bits per heavy atom. The van der Waals surface area contributed by atoms with E-state index in [0.29, 0.717) is 17.3 Å². The first-order valence-electron chi connectivity index (χ1n) is 7.22. The maximum atomic E-state index is 12.4. The van der Waals surface area contributed by atoms with Gasteiger partial charge < -0.3 is 18.9 Å². The lowest BCUT2D eigenvalue weighted by Crippen LogP contribution is -2.30. The number of carbonyl (C=O) groups is 1. The predicted molar refractivity (Wildman–Crippen MR) is 80.1 cm³/mol. The first kappa shape index (κ1) is 15.1. The summed E-state index contributed by atoms with van der Waals surface area (Å²) in [5, 5.41) is 0. The van der Waals surface area contributed by atoms with Crippen LogP contribution in [-0.2, 0) is 9.53 Å². The number of aryl methyl sites for hydroxylation is 1. The lowest BCUT2D eigenvalue weighted by Gasteiger charge is -2.25. The van der Waals surface area contributed by atoms with Gasteiger partial charge in [0, 0.05) is 0 Å². The molecule has 1 N–H and O–H groups in total. The van der Waals surface area contributed by atoms with Crippen molar-refractivity contribution in [3.63, 3.8) is 0 Å². The van der Waals surface area contributed by atoms with Crippen molar-refractivity contribution in [2.24, 2.45) is 0 Å². The van der Waals surface area contributed by atoms with Crippen LogP contribution in [0.1, 0.15) is 36.9 Å². The molecule has 0 aromatic carbocycles. The average Bonchev–Trinajstić information content (AvgIpc) is 2.99. The smallest absolute Gasteiger partial charge is 0.338 e. The molecule has 7 heteroatoms. The van der Waals surface area contributed by atoms with Gasteiger partial charge in [-0.3, -0.25) is 4.79 Å². The first-order valence-corrected chi connectivity index (χ1v) is 7.22. The van der Waals surface area contributed by atoms with Gasteiger partial charge in [0.2, 0.25) is 5.88 Å². The van der Waals surface area contributed by atoms with Crippen molar-refractivity contribution in [1.82, 2.24) is 9.97 Å². The van der Waals surface area contributed by atoms with Gasteiger partial charge in [-0.25, -0.2) is 4.79 Å². The van der Waals surface area contributed by atoms with Crippen LogP contribution in [0.25, 0.3) is 0 Å². The van der Waals surface area contributed by atoms with Crippen molar-refractivity contribution in [3.8, 4) is 5.88 Å². The highest BCUT2D eigenvalue weighted by atomic mass is 16.5. The summed E-state index contributed by atoms with van der Waals surface area (Å²) in [6, 6.07) is 3.39. The number of allylic oxidation sites excluding steroid dienone is 1. The number of hydrogen-bond donors (Lipinski definition) is 1. The Morgan fingerprint density at radius 3 is 2.87 bits per heavy atom. The molecule has 0 bridgehead atoms. The fourth-order valence-corrected chi connectivity index (χ4v) is 2.66. The highest BCUT2D eigenvalue weighted by Crippen LogP contribution is 2.40. The van der Waals surface area contributed by atoms with Gasteiger partial charge in [-0.1, -0.05) is 0 Å². The van der Waals surface area contributed by atoms with E-state index >= 15 is 0 Å². The van der Waals surface area contributed by atoms with Crippen LogP contribution >= 0.6 is 0 Å². The summed E-state index contributed by atoms with van der Waals surface area (Å²) in [4.78, 5) is 31.7. The van der Waals surface area contributed by atoms with E-state index in [1.807, 2.05) is 0 Å². The maximum Gasteiger partial charge on any atom is 0.338 e. The van der Waals surface area contributed by atoms with Crippen LogP contribution in [0.2, 0.25) is 0 Å². The maximum absolute atomic E-state index is 12.4. The largest absolute Gasteiger partial charge is 0.468 e. The van der Waals surface area contributed by atoms with E-state index in [9.17, 15) is 9.59 Å². The zero-order valence-electron chi connectivity index (χ0n) is 13.0. The number of esters is 1. The Labute approximate surface area is 131 Å². The number of furan rings is 1. The average molecular weight is 316 g/mol. The van der Waals surface area contributed by atoms with Gasteiger partial charge in [-0.2, -0.15) is 4.98 Å². The van der Waals surface area contributed by atoms with E-state index in [-0.39, 0.29) is 29.2 Å². The van der Waals surface area contributed by atoms with Gasteiger partial charge in [-0.05, 0) is 32.9 Å². The molecular weight excluding hydrogens is 300 g/mol. The zero-order valence-corrected chi connectivity index (χ0v) is 13.0. The molecule has 2 aromatic rings. The van der Waals surface area contributed by atoms with Gasteiger partial charge in [0.15, 0.2) is 0 Å². The molecule has 0 spiro atoms. The molecule has 2 aromatic heterocycles. The lowest BCUT2D eigenvalue weighted by atomic mass is 9.87.